The van der Waals surface area contributed by atoms with Crippen molar-refractivity contribution in [1.29, 1.82) is 0 Å². The van der Waals surface area contributed by atoms with E-state index in [0.29, 0.717) is 11.6 Å². The van der Waals surface area contributed by atoms with E-state index in [9.17, 15) is 0 Å². The Morgan fingerprint density at radius 2 is 1.96 bits per heavy atom. The topological polar surface area (TPSA) is 67.1 Å². The van der Waals surface area contributed by atoms with Crippen LogP contribution in [0.25, 0.3) is 11.1 Å². The van der Waals surface area contributed by atoms with Gasteiger partial charge in [0.05, 0.1) is 5.69 Å². The van der Waals surface area contributed by atoms with Gasteiger partial charge in [0.1, 0.15) is 17.5 Å². The molecular formula is C19H22ClN5O. The Morgan fingerprint density at radius 3 is 2.73 bits per heavy atom. The lowest BCUT2D eigenvalue weighted by atomic mass is 9.96. The number of fused-ring (bicyclic) bond motifs is 1. The van der Waals surface area contributed by atoms with E-state index in [4.69, 9.17) is 16.1 Å². The maximum absolute atomic E-state index is 5.96. The Morgan fingerprint density at radius 1 is 1.19 bits per heavy atom. The van der Waals surface area contributed by atoms with Crippen LogP contribution in [0.3, 0.4) is 0 Å². The van der Waals surface area contributed by atoms with Crippen LogP contribution in [0.15, 0.2) is 35.1 Å². The third kappa shape index (κ3) is 3.81. The molecule has 2 aromatic heterocycles. The number of aromatic nitrogens is 3. The molecule has 3 heterocycles. The van der Waals surface area contributed by atoms with Crippen molar-refractivity contribution in [3.05, 3.63) is 46.9 Å². The van der Waals surface area contributed by atoms with Crippen LogP contribution >= 0.6 is 11.6 Å². The van der Waals surface area contributed by atoms with E-state index in [1.165, 1.54) is 24.7 Å². The first-order valence-corrected chi connectivity index (χ1v) is 9.34. The van der Waals surface area contributed by atoms with Gasteiger partial charge in [-0.3, -0.25) is 4.90 Å². The van der Waals surface area contributed by atoms with Crippen LogP contribution in [0.4, 0.5) is 5.82 Å². The van der Waals surface area contributed by atoms with Gasteiger partial charge in [-0.2, -0.15) is 4.98 Å². The minimum atomic E-state index is 0.540. The van der Waals surface area contributed by atoms with E-state index in [1.54, 1.807) is 0 Å². The first-order valence-electron chi connectivity index (χ1n) is 8.96. The fourth-order valence-electron chi connectivity index (χ4n) is 3.49. The molecule has 0 aliphatic carbocycles. The van der Waals surface area contributed by atoms with Gasteiger partial charge in [-0.05, 0) is 56.5 Å². The van der Waals surface area contributed by atoms with Crippen molar-refractivity contribution in [3.63, 3.8) is 0 Å². The highest BCUT2D eigenvalue weighted by Gasteiger charge is 2.20. The van der Waals surface area contributed by atoms with Gasteiger partial charge >= 0.3 is 0 Å². The second-order valence-corrected chi connectivity index (χ2v) is 7.33. The summed E-state index contributed by atoms with van der Waals surface area (Å²) in [4.78, 5) is 11.0. The molecule has 1 N–H and O–H groups in total. The van der Waals surface area contributed by atoms with Crippen molar-refractivity contribution in [1.82, 2.24) is 20.0 Å². The number of anilines is 1. The van der Waals surface area contributed by atoms with Crippen LogP contribution in [0.5, 0.6) is 0 Å². The molecule has 1 aliphatic heterocycles. The molecule has 26 heavy (non-hydrogen) atoms. The highest BCUT2D eigenvalue weighted by Crippen LogP contribution is 2.24. The molecule has 1 fully saturated rings. The van der Waals surface area contributed by atoms with Gasteiger partial charge < -0.3 is 9.84 Å². The molecule has 1 aliphatic rings. The van der Waals surface area contributed by atoms with Crippen molar-refractivity contribution < 1.29 is 4.52 Å². The Hall–Kier alpha value is -2.18. The molecule has 0 atom stereocenters. The van der Waals surface area contributed by atoms with Crippen molar-refractivity contribution in [3.8, 4) is 0 Å². The largest absolute Gasteiger partial charge is 0.369 e. The van der Waals surface area contributed by atoms with Crippen molar-refractivity contribution in [2.75, 3.05) is 25.0 Å². The molecule has 0 amide bonds. The average Bonchev–Trinajstić information content (AvgIpc) is 3.05. The van der Waals surface area contributed by atoms with Crippen molar-refractivity contribution >= 4 is 28.5 Å². The van der Waals surface area contributed by atoms with Crippen LogP contribution in [0.1, 0.15) is 24.1 Å². The summed E-state index contributed by atoms with van der Waals surface area (Å²) in [7, 11) is 0. The first-order chi connectivity index (χ1) is 12.7. The molecule has 3 aromatic rings. The summed E-state index contributed by atoms with van der Waals surface area (Å²) in [6.45, 7) is 6.03. The van der Waals surface area contributed by atoms with E-state index in [0.717, 1.165) is 48.1 Å². The number of benzene rings is 1. The Labute approximate surface area is 157 Å². The maximum atomic E-state index is 5.96. The summed E-state index contributed by atoms with van der Waals surface area (Å²) >= 11 is 5.96. The van der Waals surface area contributed by atoms with Crippen LogP contribution in [-0.2, 0) is 6.54 Å². The van der Waals surface area contributed by atoms with Crippen LogP contribution in [0.2, 0.25) is 5.02 Å². The normalized spacial score (nSPS) is 16.2. The van der Waals surface area contributed by atoms with Gasteiger partial charge in [0.2, 0.25) is 0 Å². The summed E-state index contributed by atoms with van der Waals surface area (Å²) < 4.78 is 5.20. The van der Waals surface area contributed by atoms with Crippen molar-refractivity contribution in [2.45, 2.75) is 26.3 Å². The Balaban J connectivity index is 1.30. The van der Waals surface area contributed by atoms with Gasteiger partial charge in [-0.15, -0.1) is 0 Å². The van der Waals surface area contributed by atoms with Gasteiger partial charge in [-0.25, -0.2) is 4.98 Å². The number of nitrogens with one attached hydrogen (secondary N) is 1. The van der Waals surface area contributed by atoms with E-state index in [2.05, 4.69) is 37.5 Å². The minimum Gasteiger partial charge on any atom is -0.369 e. The number of nitrogens with zero attached hydrogens (tertiary/aromatic N) is 4. The lowest BCUT2D eigenvalue weighted by molar-refractivity contribution is 0.182. The van der Waals surface area contributed by atoms with Crippen LogP contribution < -0.4 is 5.32 Å². The third-order valence-electron chi connectivity index (χ3n) is 5.03. The molecule has 0 unspecified atom stereocenters. The lowest BCUT2D eigenvalue weighted by Crippen LogP contribution is -2.35. The average molecular weight is 372 g/mol. The Bertz CT molecular complexity index is 871. The lowest BCUT2D eigenvalue weighted by Gasteiger charge is -2.32. The maximum Gasteiger partial charge on any atom is 0.263 e. The standard InChI is InChI=1S/C19H22ClN5O/c1-13-17-18(22-12-23-19(17)26-24-13)21-10-14-6-8-25(9-7-14)11-15-2-4-16(20)5-3-15/h2-5,12,14H,6-11H2,1H3,(H,21,22,23). The molecule has 1 aromatic carbocycles. The zero-order valence-electron chi connectivity index (χ0n) is 14.8. The smallest absolute Gasteiger partial charge is 0.263 e. The predicted octanol–water partition coefficient (Wildman–Crippen LogP) is 3.90. The van der Waals surface area contributed by atoms with E-state index >= 15 is 0 Å². The predicted molar refractivity (Wildman–Crippen MR) is 102 cm³/mol. The van der Waals surface area contributed by atoms with Gasteiger partial charge in [-0.1, -0.05) is 28.9 Å². The number of piperidine rings is 1. The van der Waals surface area contributed by atoms with Gasteiger partial charge in [0.25, 0.3) is 5.71 Å². The summed E-state index contributed by atoms with van der Waals surface area (Å²) in [5.41, 5.74) is 2.68. The number of hydrogen-bond acceptors (Lipinski definition) is 6. The molecule has 1 saturated heterocycles. The summed E-state index contributed by atoms with van der Waals surface area (Å²) in [6, 6.07) is 8.14. The summed E-state index contributed by atoms with van der Waals surface area (Å²) in [5.74, 6) is 1.46. The fourth-order valence-corrected chi connectivity index (χ4v) is 3.62. The van der Waals surface area contributed by atoms with E-state index in [1.807, 2.05) is 19.1 Å². The molecular weight excluding hydrogens is 350 g/mol. The van der Waals surface area contributed by atoms with E-state index < -0.39 is 0 Å². The van der Waals surface area contributed by atoms with E-state index in [-0.39, 0.29) is 0 Å². The molecule has 0 radical (unpaired) electrons. The number of likely N-dealkylation sites (tertiary alicyclic amines) is 1. The molecule has 0 saturated carbocycles. The summed E-state index contributed by atoms with van der Waals surface area (Å²) in [5, 5.41) is 9.12. The molecule has 0 spiro atoms. The van der Waals surface area contributed by atoms with Gasteiger partial charge in [0.15, 0.2) is 0 Å². The number of aryl methyl sites for hydroxylation is 1. The minimum absolute atomic E-state index is 0.540. The monoisotopic (exact) mass is 371 g/mol. The first kappa shape index (κ1) is 17.2. The highest BCUT2D eigenvalue weighted by atomic mass is 35.5. The fraction of sp³-hybridized carbons (Fsp3) is 0.421. The Kier molecular flexibility index (Phi) is 5.04. The summed E-state index contributed by atoms with van der Waals surface area (Å²) in [6.07, 6.45) is 3.87. The molecule has 0 bridgehead atoms. The third-order valence-corrected chi connectivity index (χ3v) is 5.28. The second kappa shape index (κ2) is 7.60. The molecule has 6 nitrogen and oxygen atoms in total. The molecule has 136 valence electrons. The zero-order chi connectivity index (χ0) is 17.9. The highest BCUT2D eigenvalue weighted by molar-refractivity contribution is 6.30. The molecule has 4 rings (SSSR count). The number of hydrogen-bond donors (Lipinski definition) is 1. The second-order valence-electron chi connectivity index (χ2n) is 6.90. The zero-order valence-corrected chi connectivity index (χ0v) is 15.5. The quantitative estimate of drug-likeness (QED) is 0.733. The SMILES string of the molecule is Cc1noc2ncnc(NCC3CCN(Cc4ccc(Cl)cc4)CC3)c12. The van der Waals surface area contributed by atoms with Crippen molar-refractivity contribution in [2.24, 2.45) is 5.92 Å². The molecule has 7 heteroatoms. The number of halogens is 1. The van der Waals surface area contributed by atoms with Gasteiger partial charge in [0, 0.05) is 18.1 Å². The number of rotatable bonds is 5. The van der Waals surface area contributed by atoms with Crippen LogP contribution in [-0.4, -0.2) is 39.7 Å². The van der Waals surface area contributed by atoms with Crippen LogP contribution in [0, 0.1) is 12.8 Å².